The fourth-order valence-corrected chi connectivity index (χ4v) is 4.34. The van der Waals surface area contributed by atoms with E-state index in [0.717, 1.165) is 26.1 Å². The van der Waals surface area contributed by atoms with E-state index in [-0.39, 0.29) is 17.9 Å². The largest absolute Gasteiger partial charge is 0.341 e. The average molecular weight is 400 g/mol. The van der Waals surface area contributed by atoms with Crippen molar-refractivity contribution in [3.63, 3.8) is 0 Å². The molecule has 1 atom stereocenters. The van der Waals surface area contributed by atoms with E-state index in [0.29, 0.717) is 6.42 Å². The summed E-state index contributed by atoms with van der Waals surface area (Å²) in [5.41, 5.74) is 3.65. The lowest BCUT2D eigenvalue weighted by Crippen LogP contribution is -2.39. The SMILES string of the molecule is CN(C(=O)CC(c1ccccc1)c1ccccc1)[C@@H]1CCN(Cc2ccncc2)C1. The lowest BCUT2D eigenvalue weighted by molar-refractivity contribution is -0.132. The van der Waals surface area contributed by atoms with Gasteiger partial charge in [-0.1, -0.05) is 60.7 Å². The first-order valence-corrected chi connectivity index (χ1v) is 10.7. The van der Waals surface area contributed by atoms with Gasteiger partial charge in [0.25, 0.3) is 0 Å². The summed E-state index contributed by atoms with van der Waals surface area (Å²) in [5.74, 6) is 0.292. The van der Waals surface area contributed by atoms with Crippen LogP contribution in [-0.2, 0) is 11.3 Å². The Bertz CT molecular complexity index is 891. The highest BCUT2D eigenvalue weighted by Crippen LogP contribution is 2.29. The van der Waals surface area contributed by atoms with Gasteiger partial charge in [-0.05, 0) is 35.2 Å². The number of likely N-dealkylation sites (N-methyl/N-ethyl adjacent to an activating group) is 1. The summed E-state index contributed by atoms with van der Waals surface area (Å²) in [6, 6.07) is 25.1. The Kier molecular flexibility index (Phi) is 6.55. The first-order chi connectivity index (χ1) is 14.7. The van der Waals surface area contributed by atoms with Gasteiger partial charge in [0.1, 0.15) is 0 Å². The molecule has 0 aliphatic carbocycles. The second kappa shape index (κ2) is 9.68. The van der Waals surface area contributed by atoms with E-state index in [1.54, 1.807) is 0 Å². The fraction of sp³-hybridized carbons (Fsp3) is 0.308. The molecule has 30 heavy (non-hydrogen) atoms. The van der Waals surface area contributed by atoms with E-state index < -0.39 is 0 Å². The van der Waals surface area contributed by atoms with Crippen LogP contribution in [0.1, 0.15) is 35.4 Å². The molecular weight excluding hydrogens is 370 g/mol. The number of nitrogens with zero attached hydrogens (tertiary/aromatic N) is 3. The van der Waals surface area contributed by atoms with Gasteiger partial charge in [-0.3, -0.25) is 14.7 Å². The summed E-state index contributed by atoms with van der Waals surface area (Å²) in [4.78, 5) is 21.7. The summed E-state index contributed by atoms with van der Waals surface area (Å²) in [5, 5.41) is 0. The van der Waals surface area contributed by atoms with Crippen LogP contribution < -0.4 is 0 Å². The topological polar surface area (TPSA) is 36.4 Å². The van der Waals surface area contributed by atoms with Crippen molar-refractivity contribution in [2.45, 2.75) is 31.3 Å². The molecule has 1 aromatic heterocycles. The van der Waals surface area contributed by atoms with Crippen molar-refractivity contribution in [2.75, 3.05) is 20.1 Å². The normalized spacial score (nSPS) is 16.7. The van der Waals surface area contributed by atoms with Gasteiger partial charge in [0.15, 0.2) is 0 Å². The average Bonchev–Trinajstić information content (AvgIpc) is 3.27. The van der Waals surface area contributed by atoms with Crippen LogP contribution in [0.5, 0.6) is 0 Å². The van der Waals surface area contributed by atoms with Crippen LogP contribution in [-0.4, -0.2) is 46.9 Å². The summed E-state index contributed by atoms with van der Waals surface area (Å²) in [6.07, 6.45) is 5.19. The van der Waals surface area contributed by atoms with Crippen molar-refractivity contribution in [3.05, 3.63) is 102 Å². The molecule has 154 valence electrons. The maximum Gasteiger partial charge on any atom is 0.223 e. The molecule has 4 rings (SSSR count). The van der Waals surface area contributed by atoms with E-state index in [4.69, 9.17) is 0 Å². The monoisotopic (exact) mass is 399 g/mol. The molecule has 1 saturated heterocycles. The second-order valence-corrected chi connectivity index (χ2v) is 8.12. The summed E-state index contributed by atoms with van der Waals surface area (Å²) < 4.78 is 0. The number of pyridine rings is 1. The number of aromatic nitrogens is 1. The minimum atomic E-state index is 0.0803. The minimum absolute atomic E-state index is 0.0803. The van der Waals surface area contributed by atoms with Gasteiger partial charge in [-0.15, -0.1) is 0 Å². The molecule has 3 aromatic rings. The molecular formula is C26H29N3O. The molecule has 0 radical (unpaired) electrons. The highest BCUT2D eigenvalue weighted by Gasteiger charge is 2.30. The van der Waals surface area contributed by atoms with Crippen LogP contribution in [0.2, 0.25) is 0 Å². The van der Waals surface area contributed by atoms with E-state index in [1.807, 2.05) is 60.7 Å². The molecule has 2 heterocycles. The molecule has 1 aliphatic rings. The highest BCUT2D eigenvalue weighted by atomic mass is 16.2. The third kappa shape index (κ3) is 4.95. The maximum absolute atomic E-state index is 13.3. The number of hydrogen-bond acceptors (Lipinski definition) is 3. The smallest absolute Gasteiger partial charge is 0.223 e. The number of amides is 1. The predicted molar refractivity (Wildman–Crippen MR) is 120 cm³/mol. The van der Waals surface area contributed by atoms with Crippen molar-refractivity contribution in [2.24, 2.45) is 0 Å². The molecule has 0 saturated carbocycles. The predicted octanol–water partition coefficient (Wildman–Crippen LogP) is 4.34. The van der Waals surface area contributed by atoms with Crippen LogP contribution >= 0.6 is 0 Å². The zero-order valence-electron chi connectivity index (χ0n) is 17.5. The Hall–Kier alpha value is -2.98. The third-order valence-corrected chi connectivity index (χ3v) is 6.13. The van der Waals surface area contributed by atoms with Crippen LogP contribution in [0.4, 0.5) is 0 Å². The zero-order valence-corrected chi connectivity index (χ0v) is 17.5. The fourth-order valence-electron chi connectivity index (χ4n) is 4.34. The molecule has 1 aliphatic heterocycles. The number of carbonyl (C=O) groups excluding carboxylic acids is 1. The maximum atomic E-state index is 13.3. The Morgan fingerprint density at radius 3 is 2.20 bits per heavy atom. The number of benzene rings is 2. The lowest BCUT2D eigenvalue weighted by Gasteiger charge is -2.27. The second-order valence-electron chi connectivity index (χ2n) is 8.12. The number of hydrogen-bond donors (Lipinski definition) is 0. The molecule has 4 nitrogen and oxygen atoms in total. The van der Waals surface area contributed by atoms with Crippen LogP contribution in [0, 0.1) is 0 Å². The number of rotatable bonds is 7. The van der Waals surface area contributed by atoms with Gasteiger partial charge in [0.2, 0.25) is 5.91 Å². The Balaban J connectivity index is 1.41. The Labute approximate surface area is 179 Å². The Morgan fingerprint density at radius 1 is 1.00 bits per heavy atom. The van der Waals surface area contributed by atoms with Crippen LogP contribution in [0.25, 0.3) is 0 Å². The number of carbonyl (C=O) groups is 1. The van der Waals surface area contributed by atoms with Gasteiger partial charge < -0.3 is 4.90 Å². The van der Waals surface area contributed by atoms with Gasteiger partial charge >= 0.3 is 0 Å². The van der Waals surface area contributed by atoms with Gasteiger partial charge in [0.05, 0.1) is 0 Å². The molecule has 1 fully saturated rings. The zero-order chi connectivity index (χ0) is 20.8. The van der Waals surface area contributed by atoms with Crippen LogP contribution in [0.3, 0.4) is 0 Å². The van der Waals surface area contributed by atoms with Crippen molar-refractivity contribution in [1.29, 1.82) is 0 Å². The molecule has 0 N–H and O–H groups in total. The molecule has 0 unspecified atom stereocenters. The van der Waals surface area contributed by atoms with E-state index in [2.05, 4.69) is 46.3 Å². The molecule has 2 aromatic carbocycles. The molecule has 1 amide bonds. The molecule has 4 heteroatoms. The quantitative estimate of drug-likeness (QED) is 0.593. The van der Waals surface area contributed by atoms with Gasteiger partial charge in [0, 0.05) is 57.5 Å². The van der Waals surface area contributed by atoms with Gasteiger partial charge in [-0.25, -0.2) is 0 Å². The van der Waals surface area contributed by atoms with E-state index >= 15 is 0 Å². The third-order valence-electron chi connectivity index (χ3n) is 6.13. The first-order valence-electron chi connectivity index (χ1n) is 10.7. The van der Waals surface area contributed by atoms with E-state index in [1.165, 1.54) is 16.7 Å². The summed E-state index contributed by atoms with van der Waals surface area (Å²) in [7, 11) is 1.97. The molecule has 0 spiro atoms. The van der Waals surface area contributed by atoms with E-state index in [9.17, 15) is 4.79 Å². The van der Waals surface area contributed by atoms with Crippen LogP contribution in [0.15, 0.2) is 85.2 Å². The van der Waals surface area contributed by atoms with Gasteiger partial charge in [-0.2, -0.15) is 0 Å². The Morgan fingerprint density at radius 2 is 1.60 bits per heavy atom. The standard InChI is InChI=1S/C26H29N3O/c1-28(24-14-17-29(20-24)19-21-12-15-27-16-13-21)26(30)18-25(22-8-4-2-5-9-22)23-10-6-3-7-11-23/h2-13,15-16,24-25H,14,17-20H2,1H3/t24-/m1/s1. The highest BCUT2D eigenvalue weighted by molar-refractivity contribution is 5.78. The summed E-state index contributed by atoms with van der Waals surface area (Å²) >= 11 is 0. The summed E-state index contributed by atoms with van der Waals surface area (Å²) in [6.45, 7) is 2.86. The lowest BCUT2D eigenvalue weighted by atomic mass is 9.88. The van der Waals surface area contributed by atoms with Crippen molar-refractivity contribution in [3.8, 4) is 0 Å². The van der Waals surface area contributed by atoms with Crippen molar-refractivity contribution >= 4 is 5.91 Å². The number of likely N-dealkylation sites (tertiary alicyclic amines) is 1. The molecule has 0 bridgehead atoms. The minimum Gasteiger partial charge on any atom is -0.341 e. The van der Waals surface area contributed by atoms with Crippen molar-refractivity contribution in [1.82, 2.24) is 14.8 Å². The first kappa shape index (κ1) is 20.3. The van der Waals surface area contributed by atoms with Crippen molar-refractivity contribution < 1.29 is 4.79 Å².